The average molecular weight is 403 g/mol. The number of carbonyl (C=O) groups excluding carboxylic acids is 2. The van der Waals surface area contributed by atoms with Crippen molar-refractivity contribution in [2.24, 2.45) is 0 Å². The molecule has 1 aromatic heterocycles. The molecule has 6 heteroatoms. The van der Waals surface area contributed by atoms with Gasteiger partial charge in [-0.05, 0) is 37.5 Å². The summed E-state index contributed by atoms with van der Waals surface area (Å²) in [6.07, 6.45) is 0.650. The van der Waals surface area contributed by atoms with E-state index in [9.17, 15) is 9.59 Å². The van der Waals surface area contributed by atoms with Crippen LogP contribution in [0, 0.1) is 0 Å². The summed E-state index contributed by atoms with van der Waals surface area (Å²) in [6.45, 7) is 4.83. The zero-order chi connectivity index (χ0) is 20.9. The minimum absolute atomic E-state index is 0.00686. The van der Waals surface area contributed by atoms with Gasteiger partial charge in [-0.3, -0.25) is 14.5 Å². The van der Waals surface area contributed by atoms with Gasteiger partial charge in [-0.2, -0.15) is 0 Å². The lowest BCUT2D eigenvalue weighted by Crippen LogP contribution is -2.52. The first kappa shape index (κ1) is 18.9. The largest absolute Gasteiger partial charge is 0.459 e. The number of fused-ring (bicyclic) bond motifs is 4. The van der Waals surface area contributed by atoms with E-state index in [2.05, 4.69) is 22.0 Å². The van der Waals surface area contributed by atoms with Crippen LogP contribution in [0.3, 0.4) is 0 Å². The van der Waals surface area contributed by atoms with E-state index in [0.717, 1.165) is 16.8 Å². The summed E-state index contributed by atoms with van der Waals surface area (Å²) < 4.78 is 5.43. The molecule has 30 heavy (non-hydrogen) atoms. The SMILES string of the molecule is CC1(C)N(CC(=O)OCc2ccccc2)C(=O)[C@@H]2Cc3c([nH]c4ccccc34)CN21. The number of para-hydroxylation sites is 1. The maximum Gasteiger partial charge on any atom is 0.326 e. The van der Waals surface area contributed by atoms with Crippen LogP contribution in [0.5, 0.6) is 0 Å². The minimum atomic E-state index is -0.567. The van der Waals surface area contributed by atoms with Crippen molar-refractivity contribution in [3.05, 3.63) is 71.4 Å². The number of ether oxygens (including phenoxy) is 1. The van der Waals surface area contributed by atoms with Crippen LogP contribution in [0.15, 0.2) is 54.6 Å². The van der Waals surface area contributed by atoms with Gasteiger partial charge in [-0.25, -0.2) is 0 Å². The van der Waals surface area contributed by atoms with Gasteiger partial charge in [0, 0.05) is 23.1 Å². The summed E-state index contributed by atoms with van der Waals surface area (Å²) in [5, 5.41) is 1.18. The van der Waals surface area contributed by atoms with Crippen molar-refractivity contribution in [3.63, 3.8) is 0 Å². The van der Waals surface area contributed by atoms with Crippen LogP contribution in [-0.4, -0.2) is 44.9 Å². The molecule has 2 aliphatic heterocycles. The highest BCUT2D eigenvalue weighted by molar-refractivity contribution is 5.91. The lowest BCUT2D eigenvalue weighted by molar-refractivity contribution is -0.152. The molecule has 0 radical (unpaired) electrons. The first-order valence-corrected chi connectivity index (χ1v) is 10.3. The van der Waals surface area contributed by atoms with E-state index in [1.165, 1.54) is 10.9 Å². The van der Waals surface area contributed by atoms with Gasteiger partial charge in [0.1, 0.15) is 13.2 Å². The molecule has 2 aliphatic rings. The van der Waals surface area contributed by atoms with Gasteiger partial charge in [-0.1, -0.05) is 48.5 Å². The van der Waals surface area contributed by atoms with Crippen molar-refractivity contribution in [1.82, 2.24) is 14.8 Å². The molecule has 3 aromatic rings. The molecule has 1 N–H and O–H groups in total. The molecule has 1 saturated heterocycles. The molecule has 3 heterocycles. The van der Waals surface area contributed by atoms with E-state index in [1.54, 1.807) is 4.90 Å². The first-order valence-electron chi connectivity index (χ1n) is 10.3. The van der Waals surface area contributed by atoms with Crippen LogP contribution in [0.25, 0.3) is 10.9 Å². The average Bonchev–Trinajstić information content (AvgIpc) is 3.20. The molecular formula is C24H25N3O3. The van der Waals surface area contributed by atoms with Crippen LogP contribution in [-0.2, 0) is 33.9 Å². The van der Waals surface area contributed by atoms with Crippen LogP contribution < -0.4 is 0 Å². The Balaban J connectivity index is 1.34. The summed E-state index contributed by atoms with van der Waals surface area (Å²) in [4.78, 5) is 33.2. The van der Waals surface area contributed by atoms with E-state index in [0.29, 0.717) is 13.0 Å². The first-order chi connectivity index (χ1) is 14.4. The molecule has 2 aromatic carbocycles. The third-order valence-electron chi connectivity index (χ3n) is 6.45. The van der Waals surface area contributed by atoms with Gasteiger partial charge < -0.3 is 14.6 Å². The summed E-state index contributed by atoms with van der Waals surface area (Å²) in [5.74, 6) is -0.392. The number of benzene rings is 2. The van der Waals surface area contributed by atoms with Crippen LogP contribution in [0.2, 0.25) is 0 Å². The van der Waals surface area contributed by atoms with Gasteiger partial charge in [0.15, 0.2) is 0 Å². The summed E-state index contributed by atoms with van der Waals surface area (Å²) >= 11 is 0. The van der Waals surface area contributed by atoms with Crippen molar-refractivity contribution >= 4 is 22.8 Å². The minimum Gasteiger partial charge on any atom is -0.459 e. The predicted octanol–water partition coefficient (Wildman–Crippen LogP) is 3.22. The van der Waals surface area contributed by atoms with Gasteiger partial charge in [0.25, 0.3) is 0 Å². The lowest BCUT2D eigenvalue weighted by atomic mass is 9.96. The number of aromatic amines is 1. The molecular weight excluding hydrogens is 378 g/mol. The van der Waals surface area contributed by atoms with Gasteiger partial charge in [0.2, 0.25) is 5.91 Å². The second kappa shape index (κ2) is 6.99. The number of H-pyrrole nitrogens is 1. The molecule has 0 unspecified atom stereocenters. The number of amides is 1. The molecule has 1 atom stereocenters. The standard InChI is InChI=1S/C24H25N3O3/c1-24(2)26-13-20-18(17-10-6-7-11-19(17)25-20)12-21(26)23(29)27(24)14-22(28)30-15-16-8-4-3-5-9-16/h3-11,21,25H,12-15H2,1-2H3/t21-/m0/s1. The molecule has 0 aliphatic carbocycles. The Kier molecular flexibility index (Phi) is 4.40. The Hall–Kier alpha value is -3.12. The second-order valence-corrected chi connectivity index (χ2v) is 8.54. The molecule has 5 rings (SSSR count). The van der Waals surface area contributed by atoms with Crippen LogP contribution in [0.4, 0.5) is 0 Å². The topological polar surface area (TPSA) is 65.6 Å². The van der Waals surface area contributed by atoms with Crippen molar-refractivity contribution in [2.45, 2.75) is 45.1 Å². The number of hydrogen-bond acceptors (Lipinski definition) is 4. The van der Waals surface area contributed by atoms with Crippen molar-refractivity contribution in [1.29, 1.82) is 0 Å². The fourth-order valence-corrected chi connectivity index (χ4v) is 4.79. The molecule has 1 amide bonds. The Labute approximate surface area is 175 Å². The summed E-state index contributed by atoms with van der Waals surface area (Å²) in [5.41, 5.74) is 3.84. The van der Waals surface area contributed by atoms with Crippen molar-refractivity contribution < 1.29 is 14.3 Å². The van der Waals surface area contributed by atoms with Crippen molar-refractivity contribution in [3.8, 4) is 0 Å². The van der Waals surface area contributed by atoms with Gasteiger partial charge in [0.05, 0.1) is 11.7 Å². The number of carbonyl (C=O) groups is 2. The fraction of sp³-hybridized carbons (Fsp3) is 0.333. The van der Waals surface area contributed by atoms with E-state index in [1.807, 2.05) is 56.3 Å². The molecule has 6 nitrogen and oxygen atoms in total. The third kappa shape index (κ3) is 2.99. The number of rotatable bonds is 4. The molecule has 1 fully saturated rings. The number of hydrogen-bond donors (Lipinski definition) is 1. The summed E-state index contributed by atoms with van der Waals surface area (Å²) in [7, 11) is 0. The highest BCUT2D eigenvalue weighted by atomic mass is 16.5. The number of nitrogens with one attached hydrogen (secondary N) is 1. The normalized spacial score (nSPS) is 20.3. The number of aromatic nitrogens is 1. The Morgan fingerprint density at radius 3 is 2.67 bits per heavy atom. The molecule has 154 valence electrons. The van der Waals surface area contributed by atoms with E-state index >= 15 is 0 Å². The van der Waals surface area contributed by atoms with Crippen molar-refractivity contribution in [2.75, 3.05) is 6.54 Å². The third-order valence-corrected chi connectivity index (χ3v) is 6.45. The van der Waals surface area contributed by atoms with Crippen LogP contribution in [0.1, 0.15) is 30.7 Å². The predicted molar refractivity (Wildman–Crippen MR) is 113 cm³/mol. The number of nitrogens with zero attached hydrogens (tertiary/aromatic N) is 2. The highest BCUT2D eigenvalue weighted by Gasteiger charge is 2.53. The monoisotopic (exact) mass is 403 g/mol. The highest BCUT2D eigenvalue weighted by Crippen LogP contribution is 2.40. The van der Waals surface area contributed by atoms with Gasteiger partial charge in [-0.15, -0.1) is 0 Å². The van der Waals surface area contributed by atoms with E-state index in [4.69, 9.17) is 4.74 Å². The summed E-state index contributed by atoms with van der Waals surface area (Å²) in [6, 6.07) is 17.5. The fourth-order valence-electron chi connectivity index (χ4n) is 4.79. The van der Waals surface area contributed by atoms with E-state index in [-0.39, 0.29) is 31.1 Å². The Bertz CT molecular complexity index is 1120. The van der Waals surface area contributed by atoms with Gasteiger partial charge >= 0.3 is 5.97 Å². The Morgan fingerprint density at radius 2 is 1.87 bits per heavy atom. The van der Waals surface area contributed by atoms with Crippen LogP contribution >= 0.6 is 0 Å². The maximum atomic E-state index is 13.3. The second-order valence-electron chi connectivity index (χ2n) is 8.54. The quantitative estimate of drug-likeness (QED) is 0.680. The van der Waals surface area contributed by atoms with E-state index < -0.39 is 5.66 Å². The zero-order valence-electron chi connectivity index (χ0n) is 17.2. The molecule has 0 spiro atoms. The zero-order valence-corrected chi connectivity index (χ0v) is 17.2. The smallest absolute Gasteiger partial charge is 0.326 e. The Morgan fingerprint density at radius 1 is 1.13 bits per heavy atom. The molecule has 0 bridgehead atoms. The maximum absolute atomic E-state index is 13.3. The number of esters is 1. The molecule has 0 saturated carbocycles. The lowest BCUT2D eigenvalue weighted by Gasteiger charge is -2.39.